The van der Waals surface area contributed by atoms with Gasteiger partial charge in [-0.1, -0.05) is 30.3 Å². The molecule has 0 fully saturated rings. The van der Waals surface area contributed by atoms with E-state index >= 15 is 0 Å². The molecule has 0 radical (unpaired) electrons. The Kier molecular flexibility index (Phi) is 6.36. The van der Waals surface area contributed by atoms with Gasteiger partial charge in [0.15, 0.2) is 5.11 Å². The number of benzene rings is 2. The summed E-state index contributed by atoms with van der Waals surface area (Å²) in [6, 6.07) is 14.7. The lowest BCUT2D eigenvalue weighted by Gasteiger charge is -2.11. The van der Waals surface area contributed by atoms with Crippen LogP contribution in [-0.4, -0.2) is 15.9 Å². The number of nitrogens with one attached hydrogen (secondary N) is 3. The summed E-state index contributed by atoms with van der Waals surface area (Å²) < 4.78 is 0. The zero-order valence-corrected chi connectivity index (χ0v) is 14.1. The molecule has 0 aliphatic rings. The minimum atomic E-state index is -0.719. The number of hydrazine groups is 1. The summed E-state index contributed by atoms with van der Waals surface area (Å²) in [4.78, 5) is 25.5. The van der Waals surface area contributed by atoms with Crippen LogP contribution in [0.3, 0.4) is 0 Å². The van der Waals surface area contributed by atoms with Gasteiger partial charge in [0.25, 0.3) is 17.3 Å². The maximum atomic E-state index is 12.1. The molecule has 0 aliphatic heterocycles. The van der Waals surface area contributed by atoms with Crippen LogP contribution < -0.4 is 16.2 Å². The maximum Gasteiger partial charge on any atom is 0.269 e. The van der Waals surface area contributed by atoms with E-state index in [1.54, 1.807) is 18.2 Å². The molecular formula is C17H13N5O3S. The number of para-hydroxylation sites is 1. The van der Waals surface area contributed by atoms with Crippen molar-refractivity contribution in [2.45, 2.75) is 0 Å². The standard InChI is InChI=1S/C17H13N5O3S/c1-18-15(11-12-6-5-9-14(10-12)22(24)25)16(23)20-21-17(26)19-13-7-3-2-4-8-13/h2-11H,(H,20,23)(H2,19,21,26). The fraction of sp³-hybridized carbons (Fsp3) is 0. The lowest BCUT2D eigenvalue weighted by Crippen LogP contribution is -2.44. The monoisotopic (exact) mass is 367 g/mol. The average Bonchev–Trinajstić information content (AvgIpc) is 2.65. The first-order valence-electron chi connectivity index (χ1n) is 7.25. The van der Waals surface area contributed by atoms with Crippen LogP contribution in [0.25, 0.3) is 10.9 Å². The number of nitrogens with zero attached hydrogens (tertiary/aromatic N) is 2. The molecule has 2 aromatic carbocycles. The number of carbonyl (C=O) groups is 1. The van der Waals surface area contributed by atoms with Crippen molar-refractivity contribution in [2.75, 3.05) is 5.32 Å². The molecule has 0 unspecified atom stereocenters. The lowest BCUT2D eigenvalue weighted by molar-refractivity contribution is -0.384. The van der Waals surface area contributed by atoms with E-state index in [0.717, 1.165) is 5.69 Å². The molecule has 0 spiro atoms. The van der Waals surface area contributed by atoms with Crippen molar-refractivity contribution in [3.63, 3.8) is 0 Å². The Hall–Kier alpha value is -3.77. The van der Waals surface area contributed by atoms with Crippen molar-refractivity contribution in [1.82, 2.24) is 10.9 Å². The molecule has 2 aromatic rings. The molecule has 8 nitrogen and oxygen atoms in total. The van der Waals surface area contributed by atoms with Crippen LogP contribution in [0.4, 0.5) is 11.4 Å². The molecule has 26 heavy (non-hydrogen) atoms. The number of nitro benzene ring substituents is 1. The van der Waals surface area contributed by atoms with Gasteiger partial charge in [-0.15, -0.1) is 0 Å². The number of hydrogen-bond acceptors (Lipinski definition) is 4. The van der Waals surface area contributed by atoms with Crippen LogP contribution >= 0.6 is 12.2 Å². The quantitative estimate of drug-likeness (QED) is 0.253. The fourth-order valence-electron chi connectivity index (χ4n) is 1.90. The summed E-state index contributed by atoms with van der Waals surface area (Å²) in [5, 5.41) is 13.8. The van der Waals surface area contributed by atoms with E-state index in [-0.39, 0.29) is 16.5 Å². The van der Waals surface area contributed by atoms with E-state index in [0.29, 0.717) is 5.56 Å². The third kappa shape index (κ3) is 5.40. The van der Waals surface area contributed by atoms with Gasteiger partial charge in [-0.05, 0) is 36.0 Å². The van der Waals surface area contributed by atoms with Crippen molar-refractivity contribution in [3.05, 3.63) is 87.4 Å². The number of anilines is 1. The highest BCUT2D eigenvalue weighted by atomic mass is 32.1. The van der Waals surface area contributed by atoms with Gasteiger partial charge in [0.05, 0.1) is 11.5 Å². The number of non-ortho nitro benzene ring substituents is 1. The zero-order chi connectivity index (χ0) is 18.9. The summed E-state index contributed by atoms with van der Waals surface area (Å²) in [6.07, 6.45) is 1.25. The molecule has 0 bridgehead atoms. The zero-order valence-electron chi connectivity index (χ0n) is 13.3. The van der Waals surface area contributed by atoms with E-state index in [9.17, 15) is 14.9 Å². The first kappa shape index (κ1) is 18.6. The Balaban J connectivity index is 2.00. The van der Waals surface area contributed by atoms with Crippen LogP contribution in [0.1, 0.15) is 5.56 Å². The predicted octanol–water partition coefficient (Wildman–Crippen LogP) is 2.87. The van der Waals surface area contributed by atoms with Crippen molar-refractivity contribution in [1.29, 1.82) is 0 Å². The Bertz CT molecular complexity index is 906. The number of nitro groups is 1. The van der Waals surface area contributed by atoms with Gasteiger partial charge in [-0.3, -0.25) is 25.8 Å². The van der Waals surface area contributed by atoms with Crippen molar-refractivity contribution >= 4 is 40.7 Å². The van der Waals surface area contributed by atoms with Crippen molar-refractivity contribution < 1.29 is 9.72 Å². The molecule has 2 rings (SSSR count). The smallest absolute Gasteiger partial charge is 0.269 e. The highest BCUT2D eigenvalue weighted by Crippen LogP contribution is 2.16. The molecule has 0 heterocycles. The SMILES string of the molecule is [C-]#[N+]C(=Cc1cccc([N+](=O)[O-])c1)C(=O)NNC(=S)Nc1ccccc1. The van der Waals surface area contributed by atoms with Crippen molar-refractivity contribution in [3.8, 4) is 0 Å². The van der Waals surface area contributed by atoms with E-state index in [2.05, 4.69) is 21.0 Å². The normalized spacial score (nSPS) is 10.3. The van der Waals surface area contributed by atoms with Gasteiger partial charge in [0.2, 0.25) is 0 Å². The van der Waals surface area contributed by atoms with Crippen molar-refractivity contribution in [2.24, 2.45) is 0 Å². The van der Waals surface area contributed by atoms with E-state index in [4.69, 9.17) is 18.8 Å². The van der Waals surface area contributed by atoms with Crippen LogP contribution in [0.15, 0.2) is 60.3 Å². The number of amides is 1. The average molecular weight is 367 g/mol. The first-order valence-corrected chi connectivity index (χ1v) is 7.66. The molecule has 9 heteroatoms. The Morgan fingerprint density at radius 1 is 1.15 bits per heavy atom. The summed E-state index contributed by atoms with van der Waals surface area (Å²) in [5.41, 5.74) is 5.51. The number of hydrogen-bond donors (Lipinski definition) is 3. The van der Waals surface area contributed by atoms with Crippen LogP contribution in [0, 0.1) is 16.7 Å². The van der Waals surface area contributed by atoms with E-state index in [1.807, 2.05) is 18.2 Å². The predicted molar refractivity (Wildman–Crippen MR) is 102 cm³/mol. The van der Waals surface area contributed by atoms with E-state index < -0.39 is 10.8 Å². The third-order valence-corrected chi connectivity index (χ3v) is 3.26. The second kappa shape index (κ2) is 8.91. The topological polar surface area (TPSA) is 101 Å². The lowest BCUT2D eigenvalue weighted by atomic mass is 10.1. The second-order valence-corrected chi connectivity index (χ2v) is 5.30. The number of rotatable bonds is 4. The summed E-state index contributed by atoms with van der Waals surface area (Å²) in [7, 11) is 0. The van der Waals surface area contributed by atoms with Gasteiger partial charge >= 0.3 is 0 Å². The van der Waals surface area contributed by atoms with Gasteiger partial charge < -0.3 is 5.32 Å². The molecule has 130 valence electrons. The molecule has 0 aliphatic carbocycles. The summed E-state index contributed by atoms with van der Waals surface area (Å²) in [6.45, 7) is 7.13. The molecule has 0 saturated carbocycles. The van der Waals surface area contributed by atoms with E-state index in [1.165, 1.54) is 24.3 Å². The van der Waals surface area contributed by atoms with Gasteiger partial charge in [-0.2, -0.15) is 0 Å². The Labute approximate surface area is 154 Å². The number of carbonyl (C=O) groups excluding carboxylic acids is 1. The Morgan fingerprint density at radius 2 is 1.88 bits per heavy atom. The molecule has 3 N–H and O–H groups in total. The molecule has 0 saturated heterocycles. The van der Waals surface area contributed by atoms with Crippen LogP contribution in [0.2, 0.25) is 0 Å². The summed E-state index contributed by atoms with van der Waals surface area (Å²) in [5.74, 6) is -0.719. The van der Waals surface area contributed by atoms with Gasteiger partial charge in [0, 0.05) is 17.8 Å². The minimum absolute atomic E-state index is 0.130. The molecule has 0 atom stereocenters. The highest BCUT2D eigenvalue weighted by Gasteiger charge is 2.11. The summed E-state index contributed by atoms with van der Waals surface area (Å²) >= 11 is 5.04. The minimum Gasteiger partial charge on any atom is -0.331 e. The maximum absolute atomic E-state index is 12.1. The largest absolute Gasteiger partial charge is 0.331 e. The van der Waals surface area contributed by atoms with Crippen LogP contribution in [0.5, 0.6) is 0 Å². The highest BCUT2D eigenvalue weighted by molar-refractivity contribution is 7.80. The molecule has 0 aromatic heterocycles. The fourth-order valence-corrected chi connectivity index (χ4v) is 2.06. The van der Waals surface area contributed by atoms with Gasteiger partial charge in [0.1, 0.15) is 0 Å². The second-order valence-electron chi connectivity index (χ2n) is 4.89. The third-order valence-electron chi connectivity index (χ3n) is 3.06. The van der Waals surface area contributed by atoms with Crippen LogP contribution in [-0.2, 0) is 4.79 Å². The number of thiocarbonyl (C=S) groups is 1. The Morgan fingerprint density at radius 3 is 2.54 bits per heavy atom. The van der Waals surface area contributed by atoms with Gasteiger partial charge in [-0.25, -0.2) is 4.85 Å². The molecular weight excluding hydrogens is 354 g/mol. The molecule has 1 amide bonds. The first-order chi connectivity index (χ1) is 12.5.